The van der Waals surface area contributed by atoms with Gasteiger partial charge in [-0.05, 0) is 68.4 Å². The maximum atomic E-state index is 13.2. The van der Waals surface area contributed by atoms with Crippen LogP contribution in [0.3, 0.4) is 0 Å². The maximum absolute atomic E-state index is 13.2. The number of pyridine rings is 1. The lowest BCUT2D eigenvalue weighted by Crippen LogP contribution is -2.59. The molecule has 1 aromatic heterocycles. The van der Waals surface area contributed by atoms with Crippen molar-refractivity contribution in [2.75, 3.05) is 24.5 Å². The first-order chi connectivity index (χ1) is 15.5. The van der Waals surface area contributed by atoms with Crippen molar-refractivity contribution in [2.45, 2.75) is 50.7 Å². The number of carbonyl (C=O) groups is 2. The minimum absolute atomic E-state index is 0.0803. The van der Waals surface area contributed by atoms with Crippen molar-refractivity contribution >= 4 is 17.8 Å². The third-order valence-corrected chi connectivity index (χ3v) is 8.92. The van der Waals surface area contributed by atoms with E-state index >= 15 is 0 Å². The molecule has 4 saturated carbocycles. The second-order valence-corrected chi connectivity index (χ2v) is 10.7. The van der Waals surface area contributed by atoms with E-state index in [2.05, 4.69) is 16.0 Å². The molecule has 7 rings (SSSR count). The van der Waals surface area contributed by atoms with Crippen LogP contribution in [0.15, 0.2) is 18.3 Å². The molecular formula is C24H29N5O3. The number of hydrogen-bond acceptors (Lipinski definition) is 6. The number of rotatable bonds is 3. The molecule has 2 saturated heterocycles. The van der Waals surface area contributed by atoms with E-state index in [1.165, 1.54) is 0 Å². The van der Waals surface area contributed by atoms with Crippen LogP contribution in [-0.2, 0) is 9.53 Å². The first-order valence-corrected chi connectivity index (χ1v) is 11.8. The summed E-state index contributed by atoms with van der Waals surface area (Å²) in [5.41, 5.74) is 5.98. The number of fused-ring (bicyclic) bond motifs is 1. The fourth-order valence-corrected chi connectivity index (χ4v) is 7.68. The Kier molecular flexibility index (Phi) is 4.40. The van der Waals surface area contributed by atoms with Gasteiger partial charge in [-0.2, -0.15) is 5.26 Å². The Hall–Kier alpha value is -2.82. The monoisotopic (exact) mass is 435 g/mol. The van der Waals surface area contributed by atoms with Gasteiger partial charge in [-0.1, -0.05) is 0 Å². The van der Waals surface area contributed by atoms with Crippen molar-refractivity contribution in [3.05, 3.63) is 23.9 Å². The van der Waals surface area contributed by atoms with Gasteiger partial charge >= 0.3 is 6.09 Å². The molecule has 4 bridgehead atoms. The van der Waals surface area contributed by atoms with Crippen LogP contribution >= 0.6 is 0 Å². The molecule has 32 heavy (non-hydrogen) atoms. The van der Waals surface area contributed by atoms with E-state index in [4.69, 9.17) is 15.7 Å². The van der Waals surface area contributed by atoms with Crippen LogP contribution < -0.4 is 10.6 Å². The molecule has 0 spiro atoms. The van der Waals surface area contributed by atoms with Crippen molar-refractivity contribution < 1.29 is 14.3 Å². The van der Waals surface area contributed by atoms with Crippen LogP contribution in [0, 0.1) is 40.4 Å². The number of primary amides is 1. The van der Waals surface area contributed by atoms with Gasteiger partial charge in [0.2, 0.25) is 5.91 Å². The highest BCUT2D eigenvalue weighted by atomic mass is 16.6. The molecule has 4 aliphatic carbocycles. The zero-order chi connectivity index (χ0) is 22.0. The van der Waals surface area contributed by atoms with E-state index in [1.807, 2.05) is 11.0 Å². The maximum Gasteiger partial charge on any atom is 0.410 e. The average Bonchev–Trinajstić information content (AvgIpc) is 3.37. The fraction of sp³-hybridized carbons (Fsp3) is 0.667. The van der Waals surface area contributed by atoms with E-state index in [0.717, 1.165) is 50.9 Å². The van der Waals surface area contributed by atoms with Crippen molar-refractivity contribution in [3.63, 3.8) is 0 Å². The normalized spacial score (nSPS) is 39.1. The summed E-state index contributed by atoms with van der Waals surface area (Å²) in [4.78, 5) is 33.9. The lowest BCUT2D eigenvalue weighted by Gasteiger charge is -2.58. The molecule has 168 valence electrons. The van der Waals surface area contributed by atoms with Crippen LogP contribution in [0.1, 0.15) is 44.1 Å². The topological polar surface area (TPSA) is 113 Å². The Morgan fingerprint density at radius 3 is 2.59 bits per heavy atom. The Balaban J connectivity index is 1.12. The zero-order valence-corrected chi connectivity index (χ0v) is 18.2. The molecule has 2 N–H and O–H groups in total. The van der Waals surface area contributed by atoms with Gasteiger partial charge in [-0.15, -0.1) is 0 Å². The van der Waals surface area contributed by atoms with E-state index in [9.17, 15) is 9.59 Å². The Bertz CT molecular complexity index is 972. The van der Waals surface area contributed by atoms with Crippen LogP contribution in [0.4, 0.5) is 10.6 Å². The van der Waals surface area contributed by atoms with Crippen LogP contribution in [0.2, 0.25) is 0 Å². The number of nitrogens with zero attached hydrogens (tertiary/aromatic N) is 4. The lowest BCUT2D eigenvalue weighted by molar-refractivity contribution is -0.161. The summed E-state index contributed by atoms with van der Waals surface area (Å²) in [5.74, 6) is 2.19. The summed E-state index contributed by atoms with van der Waals surface area (Å²) in [5, 5.41) is 9.01. The minimum Gasteiger partial charge on any atom is -0.446 e. The van der Waals surface area contributed by atoms with Crippen LogP contribution in [0.5, 0.6) is 0 Å². The summed E-state index contributed by atoms with van der Waals surface area (Å²) in [6, 6.07) is 6.03. The quantitative estimate of drug-likeness (QED) is 0.779. The molecule has 8 heteroatoms. The molecule has 7 atom stereocenters. The number of hydrogen-bond donors (Lipinski definition) is 1. The summed E-state index contributed by atoms with van der Waals surface area (Å²) in [6.45, 7) is 2.27. The summed E-state index contributed by atoms with van der Waals surface area (Å²) in [7, 11) is 0. The molecule has 8 nitrogen and oxygen atoms in total. The average molecular weight is 436 g/mol. The number of aromatic nitrogens is 1. The molecule has 1 aromatic rings. The van der Waals surface area contributed by atoms with Crippen molar-refractivity contribution in [1.82, 2.24) is 9.88 Å². The lowest BCUT2D eigenvalue weighted by atomic mass is 9.48. The van der Waals surface area contributed by atoms with E-state index in [0.29, 0.717) is 30.5 Å². The fourth-order valence-electron chi connectivity index (χ4n) is 7.68. The number of amides is 2. The van der Waals surface area contributed by atoms with Gasteiger partial charge in [0.05, 0.1) is 17.0 Å². The Morgan fingerprint density at radius 1 is 1.16 bits per heavy atom. The zero-order valence-electron chi connectivity index (χ0n) is 18.2. The Morgan fingerprint density at radius 2 is 1.94 bits per heavy atom. The molecule has 2 aliphatic heterocycles. The third kappa shape index (κ3) is 2.97. The van der Waals surface area contributed by atoms with Crippen molar-refractivity contribution in [2.24, 2.45) is 34.8 Å². The van der Waals surface area contributed by atoms with Crippen molar-refractivity contribution in [3.8, 4) is 6.07 Å². The molecule has 2 amide bonds. The van der Waals surface area contributed by atoms with Gasteiger partial charge in [0.15, 0.2) is 0 Å². The molecule has 3 heterocycles. The first kappa shape index (κ1) is 19.8. The molecule has 6 aliphatic rings. The van der Waals surface area contributed by atoms with Gasteiger partial charge in [-0.3, -0.25) is 4.79 Å². The highest BCUT2D eigenvalue weighted by Gasteiger charge is 2.59. The largest absolute Gasteiger partial charge is 0.446 e. The number of carbonyl (C=O) groups excluding carboxylic acids is 2. The molecule has 0 aromatic carbocycles. The van der Waals surface area contributed by atoms with Gasteiger partial charge in [0.1, 0.15) is 18.0 Å². The number of nitriles is 1. The van der Waals surface area contributed by atoms with Gasteiger partial charge in [0, 0.05) is 31.7 Å². The van der Waals surface area contributed by atoms with Gasteiger partial charge < -0.3 is 20.3 Å². The highest BCUT2D eigenvalue weighted by molar-refractivity contribution is 5.81. The molecule has 0 radical (unpaired) electrons. The summed E-state index contributed by atoms with van der Waals surface area (Å²) < 4.78 is 6.14. The molecular weight excluding hydrogens is 406 g/mol. The highest BCUT2D eigenvalue weighted by Crippen LogP contribution is 2.60. The standard InChI is InChI=1S/C24H29N5O3/c25-10-14-1-2-20(27-11-14)29-4-3-16-12-28(13-19(16)29)23(31)32-21-17-5-15-6-18(21)9-24(7-15,8-17)22(26)30/h1-2,11,15-19,21H,3-9,12-13H2,(H2,26,30)/t15?,16?,17-,18+,19?,21?,24?. The predicted octanol–water partition coefficient (Wildman–Crippen LogP) is 2.28. The minimum atomic E-state index is -0.362. The van der Waals surface area contributed by atoms with E-state index < -0.39 is 0 Å². The van der Waals surface area contributed by atoms with Gasteiger partial charge in [-0.25, -0.2) is 9.78 Å². The van der Waals surface area contributed by atoms with Crippen molar-refractivity contribution in [1.29, 1.82) is 5.26 Å². The van der Waals surface area contributed by atoms with E-state index in [-0.39, 0.29) is 41.4 Å². The van der Waals surface area contributed by atoms with Gasteiger partial charge in [0.25, 0.3) is 0 Å². The second-order valence-electron chi connectivity index (χ2n) is 10.7. The second kappa shape index (κ2) is 7.09. The van der Waals surface area contributed by atoms with Crippen LogP contribution in [-0.4, -0.2) is 53.7 Å². The number of ether oxygens (including phenoxy) is 1. The molecule has 6 fully saturated rings. The first-order valence-electron chi connectivity index (χ1n) is 11.8. The predicted molar refractivity (Wildman–Crippen MR) is 115 cm³/mol. The number of nitrogens with two attached hydrogens (primary N) is 1. The molecule has 5 unspecified atom stereocenters. The smallest absolute Gasteiger partial charge is 0.410 e. The SMILES string of the molecule is N#Cc1ccc(N2CCC3CN(C(=O)OC4[C@@H]5CC6C[C@H]4CC(C(N)=O)(C6)C5)CC32)nc1. The van der Waals surface area contributed by atoms with Crippen LogP contribution in [0.25, 0.3) is 0 Å². The third-order valence-electron chi connectivity index (χ3n) is 8.92. The number of anilines is 1. The Labute approximate surface area is 187 Å². The van der Waals surface area contributed by atoms with E-state index in [1.54, 1.807) is 12.3 Å². The summed E-state index contributed by atoms with van der Waals surface area (Å²) in [6.07, 6.45) is 6.90. The summed E-state index contributed by atoms with van der Waals surface area (Å²) >= 11 is 0. The number of likely N-dealkylation sites (tertiary alicyclic amines) is 1.